The number of carbonyl (C=O) groups is 2. The highest BCUT2D eigenvalue weighted by atomic mass is 32.2. The summed E-state index contributed by atoms with van der Waals surface area (Å²) in [4.78, 5) is 22.9. The van der Waals surface area contributed by atoms with Gasteiger partial charge in [-0.1, -0.05) is 42.5 Å². The summed E-state index contributed by atoms with van der Waals surface area (Å²) in [7, 11) is -4.28. The zero-order valence-corrected chi connectivity index (χ0v) is 12.7. The molecule has 2 aromatic carbocycles. The molecule has 0 saturated heterocycles. The second-order valence-corrected chi connectivity index (χ2v) is 6.42. The van der Waals surface area contributed by atoms with Crippen LogP contribution in [0.25, 0.3) is 0 Å². The third-order valence-electron chi connectivity index (χ3n) is 2.97. The standard InChI is InChI=1S/C16H14O5S/c1-12(17)14-8-5-9-15(10-14)22(19,20)16(18)21-11-13-6-3-2-4-7-13/h2-10H,11H2,1H3. The number of hydrogen-bond acceptors (Lipinski definition) is 5. The van der Waals surface area contributed by atoms with Crippen molar-refractivity contribution in [3.05, 3.63) is 65.7 Å². The molecule has 0 N–H and O–H groups in total. The van der Waals surface area contributed by atoms with Crippen molar-refractivity contribution < 1.29 is 22.7 Å². The fraction of sp³-hybridized carbons (Fsp3) is 0.125. The zero-order chi connectivity index (χ0) is 16.2. The van der Waals surface area contributed by atoms with Crippen LogP contribution in [0.1, 0.15) is 22.8 Å². The van der Waals surface area contributed by atoms with Gasteiger partial charge < -0.3 is 4.74 Å². The summed E-state index contributed by atoms with van der Waals surface area (Å²) in [6.45, 7) is 1.19. The highest BCUT2D eigenvalue weighted by Gasteiger charge is 2.27. The first-order valence-electron chi connectivity index (χ1n) is 6.48. The van der Waals surface area contributed by atoms with Crippen molar-refractivity contribution >= 4 is 20.9 Å². The van der Waals surface area contributed by atoms with E-state index >= 15 is 0 Å². The first-order valence-corrected chi connectivity index (χ1v) is 7.96. The van der Waals surface area contributed by atoms with E-state index in [1.165, 1.54) is 31.2 Å². The van der Waals surface area contributed by atoms with Crippen LogP contribution in [-0.4, -0.2) is 19.5 Å². The monoisotopic (exact) mass is 318 g/mol. The van der Waals surface area contributed by atoms with Crippen molar-refractivity contribution in [1.82, 2.24) is 0 Å². The molecule has 0 saturated carbocycles. The Morgan fingerprint density at radius 2 is 1.68 bits per heavy atom. The van der Waals surface area contributed by atoms with Crippen LogP contribution < -0.4 is 0 Å². The second kappa shape index (κ2) is 6.53. The number of Topliss-reactive ketones (excluding diaryl/α,β-unsaturated/α-hetero) is 1. The summed E-state index contributed by atoms with van der Waals surface area (Å²) in [6, 6.07) is 14.1. The third kappa shape index (κ3) is 3.59. The molecule has 22 heavy (non-hydrogen) atoms. The summed E-state index contributed by atoms with van der Waals surface area (Å²) in [5.41, 5.74) is 0.903. The fourth-order valence-corrected chi connectivity index (χ4v) is 2.72. The highest BCUT2D eigenvalue weighted by molar-refractivity contribution is 8.05. The Kier molecular flexibility index (Phi) is 4.72. The van der Waals surface area contributed by atoms with E-state index in [0.717, 1.165) is 0 Å². The smallest absolute Gasteiger partial charge is 0.429 e. The summed E-state index contributed by atoms with van der Waals surface area (Å²) in [5, 5.41) is -1.34. The molecule has 0 radical (unpaired) electrons. The Hall–Kier alpha value is -2.47. The second-order valence-electron chi connectivity index (χ2n) is 4.61. The van der Waals surface area contributed by atoms with Gasteiger partial charge in [0.25, 0.3) is 9.84 Å². The molecule has 0 aliphatic rings. The molecule has 0 fully saturated rings. The van der Waals surface area contributed by atoms with Crippen LogP contribution in [-0.2, 0) is 21.2 Å². The average molecular weight is 318 g/mol. The number of benzene rings is 2. The van der Waals surface area contributed by atoms with Gasteiger partial charge in [0.15, 0.2) is 5.78 Å². The lowest BCUT2D eigenvalue weighted by atomic mass is 10.2. The molecule has 5 nitrogen and oxygen atoms in total. The van der Waals surface area contributed by atoms with E-state index in [-0.39, 0.29) is 22.8 Å². The molecule has 0 amide bonds. The number of hydrogen-bond donors (Lipinski definition) is 0. The minimum atomic E-state index is -4.28. The number of rotatable bonds is 4. The Bertz CT molecular complexity index is 794. The quantitative estimate of drug-likeness (QED) is 0.639. The summed E-state index contributed by atoms with van der Waals surface area (Å²) >= 11 is 0. The molecule has 6 heteroatoms. The van der Waals surface area contributed by atoms with Gasteiger partial charge in [0.05, 0.1) is 4.90 Å². The van der Waals surface area contributed by atoms with Gasteiger partial charge in [-0.25, -0.2) is 13.2 Å². The Morgan fingerprint density at radius 3 is 2.32 bits per heavy atom. The minimum Gasteiger partial charge on any atom is -0.449 e. The molecule has 2 aromatic rings. The van der Waals surface area contributed by atoms with E-state index in [9.17, 15) is 18.0 Å². The molecule has 0 atom stereocenters. The van der Waals surface area contributed by atoms with Gasteiger partial charge in [0.2, 0.25) is 0 Å². The molecule has 0 unspecified atom stereocenters. The summed E-state index contributed by atoms with van der Waals surface area (Å²) in [6.07, 6.45) is 0. The van der Waals surface area contributed by atoms with Gasteiger partial charge in [0.1, 0.15) is 6.61 Å². The van der Waals surface area contributed by atoms with E-state index in [1.54, 1.807) is 30.3 Å². The van der Waals surface area contributed by atoms with Crippen LogP contribution in [0.3, 0.4) is 0 Å². The first-order chi connectivity index (χ1) is 10.4. The van der Waals surface area contributed by atoms with Crippen LogP contribution in [0.15, 0.2) is 59.5 Å². The molecular formula is C16H14O5S. The molecule has 0 heterocycles. The topological polar surface area (TPSA) is 77.5 Å². The van der Waals surface area contributed by atoms with E-state index in [4.69, 9.17) is 4.74 Å². The molecule has 0 aliphatic heterocycles. The Morgan fingerprint density at radius 1 is 1.00 bits per heavy atom. The van der Waals surface area contributed by atoms with Crippen LogP contribution in [0.2, 0.25) is 0 Å². The highest BCUT2D eigenvalue weighted by Crippen LogP contribution is 2.16. The molecule has 0 bridgehead atoms. The van der Waals surface area contributed by atoms with Gasteiger partial charge >= 0.3 is 5.30 Å². The largest absolute Gasteiger partial charge is 0.449 e. The van der Waals surface area contributed by atoms with Crippen molar-refractivity contribution in [1.29, 1.82) is 0 Å². The van der Waals surface area contributed by atoms with E-state index in [2.05, 4.69) is 0 Å². The summed E-state index contributed by atoms with van der Waals surface area (Å²) < 4.78 is 29.1. The maximum Gasteiger partial charge on any atom is 0.429 e. The zero-order valence-electron chi connectivity index (χ0n) is 11.9. The molecule has 114 valence electrons. The van der Waals surface area contributed by atoms with Crippen LogP contribution >= 0.6 is 0 Å². The number of ether oxygens (including phenoxy) is 1. The predicted molar refractivity (Wildman–Crippen MR) is 80.3 cm³/mol. The van der Waals surface area contributed by atoms with Gasteiger partial charge in [-0.2, -0.15) is 0 Å². The van der Waals surface area contributed by atoms with Gasteiger partial charge in [-0.15, -0.1) is 0 Å². The van der Waals surface area contributed by atoms with E-state index in [0.29, 0.717) is 5.56 Å². The lowest BCUT2D eigenvalue weighted by Gasteiger charge is -2.06. The van der Waals surface area contributed by atoms with Crippen LogP contribution in [0, 0.1) is 0 Å². The SMILES string of the molecule is CC(=O)c1cccc(S(=O)(=O)C(=O)OCc2ccccc2)c1. The lowest BCUT2D eigenvalue weighted by molar-refractivity contribution is 0.101. The molecule has 0 aliphatic carbocycles. The maximum atomic E-state index is 12.1. The van der Waals surface area contributed by atoms with Crippen molar-refractivity contribution in [3.63, 3.8) is 0 Å². The van der Waals surface area contributed by atoms with Crippen molar-refractivity contribution in [2.75, 3.05) is 0 Å². The van der Waals surface area contributed by atoms with Crippen molar-refractivity contribution in [2.24, 2.45) is 0 Å². The molecule has 0 spiro atoms. The first kappa shape index (κ1) is 15.9. The van der Waals surface area contributed by atoms with Gasteiger partial charge in [-0.05, 0) is 24.6 Å². The van der Waals surface area contributed by atoms with Gasteiger partial charge in [0, 0.05) is 5.56 Å². The third-order valence-corrected chi connectivity index (χ3v) is 4.40. The number of ketones is 1. The number of carbonyl (C=O) groups excluding carboxylic acids is 2. The lowest BCUT2D eigenvalue weighted by Crippen LogP contribution is -2.17. The Labute approximate surface area is 128 Å². The van der Waals surface area contributed by atoms with Crippen LogP contribution in [0.5, 0.6) is 0 Å². The predicted octanol–water partition coefficient (Wildman–Crippen LogP) is 3.00. The number of sulfone groups is 1. The maximum absolute atomic E-state index is 12.1. The normalized spacial score (nSPS) is 11.0. The van der Waals surface area contributed by atoms with Crippen LogP contribution in [0.4, 0.5) is 4.79 Å². The minimum absolute atomic E-state index is 0.134. The molecule has 2 rings (SSSR count). The molecule has 0 aromatic heterocycles. The summed E-state index contributed by atoms with van der Waals surface area (Å²) in [5.74, 6) is -0.283. The van der Waals surface area contributed by atoms with E-state index < -0.39 is 15.1 Å². The van der Waals surface area contributed by atoms with Crippen molar-refractivity contribution in [2.45, 2.75) is 18.4 Å². The Balaban J connectivity index is 2.17. The average Bonchev–Trinajstić information content (AvgIpc) is 2.53. The fourth-order valence-electron chi connectivity index (χ4n) is 1.77. The van der Waals surface area contributed by atoms with Gasteiger partial charge in [-0.3, -0.25) is 4.79 Å². The molecular weight excluding hydrogens is 304 g/mol. The van der Waals surface area contributed by atoms with E-state index in [1.807, 2.05) is 0 Å². The van der Waals surface area contributed by atoms with Crippen molar-refractivity contribution in [3.8, 4) is 0 Å².